The molecule has 0 aliphatic rings. The van der Waals surface area contributed by atoms with Crippen LogP contribution < -0.4 is 0 Å². The van der Waals surface area contributed by atoms with Gasteiger partial charge in [-0.15, -0.1) is 0 Å². The SMILES string of the molecule is [2H]C([2H])(CSCC([2H])([2H])P(=O)(OC)OC)C(C)(C)N(C(C)C)P(O)OCCC#N. The fourth-order valence-electron chi connectivity index (χ4n) is 1.98. The zero-order valence-corrected chi connectivity index (χ0v) is 18.3. The molecule has 0 saturated heterocycles. The topological polar surface area (TPSA) is 92.0 Å². The molecule has 0 fully saturated rings. The molecular weight excluding hydrogens is 382 g/mol. The van der Waals surface area contributed by atoms with Crippen molar-refractivity contribution >= 4 is 27.9 Å². The zero-order chi connectivity index (χ0) is 23.1. The molecule has 0 rings (SSSR count). The Bertz CT molecular complexity index is 600. The van der Waals surface area contributed by atoms with Gasteiger partial charge in [-0.25, -0.2) is 4.67 Å². The summed E-state index contributed by atoms with van der Waals surface area (Å²) in [6.07, 6.45) is -4.05. The monoisotopic (exact) mass is 418 g/mol. The molecule has 0 aromatic rings. The van der Waals surface area contributed by atoms with Crippen molar-refractivity contribution in [2.24, 2.45) is 0 Å². The Balaban J connectivity index is 5.32. The first-order valence-electron chi connectivity index (χ1n) is 9.71. The van der Waals surface area contributed by atoms with E-state index in [4.69, 9.17) is 24.3 Å². The van der Waals surface area contributed by atoms with Crippen molar-refractivity contribution in [2.75, 3.05) is 38.4 Å². The van der Waals surface area contributed by atoms with Gasteiger partial charge in [0.25, 0.3) is 8.53 Å². The second kappa shape index (κ2) is 12.6. The largest absolute Gasteiger partial charge is 0.338 e. The third-order valence-electron chi connectivity index (χ3n) is 3.11. The summed E-state index contributed by atoms with van der Waals surface area (Å²) in [7, 11) is -3.91. The lowest BCUT2D eigenvalue weighted by Crippen LogP contribution is -2.45. The van der Waals surface area contributed by atoms with Gasteiger partial charge in [-0.05, 0) is 39.8 Å². The van der Waals surface area contributed by atoms with Gasteiger partial charge in [-0.2, -0.15) is 17.0 Å². The summed E-state index contributed by atoms with van der Waals surface area (Å²) in [6, 6.07) is 1.67. The number of hydrogen-bond acceptors (Lipinski definition) is 8. The molecule has 0 aliphatic carbocycles. The van der Waals surface area contributed by atoms with Gasteiger partial charge in [-0.3, -0.25) is 4.57 Å². The Labute approximate surface area is 163 Å². The molecule has 0 radical (unpaired) electrons. The highest BCUT2D eigenvalue weighted by molar-refractivity contribution is 7.99. The van der Waals surface area contributed by atoms with Crippen molar-refractivity contribution in [3.63, 3.8) is 0 Å². The van der Waals surface area contributed by atoms with Crippen LogP contribution in [0, 0.1) is 11.3 Å². The highest BCUT2D eigenvalue weighted by atomic mass is 32.2. The quantitative estimate of drug-likeness (QED) is 0.331. The molecular formula is C15H32N2O5P2S. The maximum Gasteiger partial charge on any atom is 0.330 e. The smallest absolute Gasteiger partial charge is 0.330 e. The molecule has 25 heavy (non-hydrogen) atoms. The Kier molecular flexibility index (Phi) is 9.43. The minimum Gasteiger partial charge on any atom is -0.338 e. The highest BCUT2D eigenvalue weighted by Crippen LogP contribution is 2.47. The average Bonchev–Trinajstić information content (AvgIpc) is 2.59. The molecule has 0 heterocycles. The van der Waals surface area contributed by atoms with E-state index in [0.29, 0.717) is 0 Å². The van der Waals surface area contributed by atoms with Crippen LogP contribution in [0.3, 0.4) is 0 Å². The number of rotatable bonds is 14. The van der Waals surface area contributed by atoms with Gasteiger partial charge < -0.3 is 18.5 Å². The van der Waals surface area contributed by atoms with Crippen LogP contribution in [0.1, 0.15) is 46.0 Å². The number of nitriles is 1. The molecule has 7 nitrogen and oxygen atoms in total. The molecule has 0 spiro atoms. The molecule has 0 aliphatic heterocycles. The minimum absolute atomic E-state index is 0.0410. The first kappa shape index (κ1) is 18.7. The fourth-order valence-corrected chi connectivity index (χ4v) is 5.21. The molecule has 1 N–H and O–H groups in total. The molecule has 1 atom stereocenters. The van der Waals surface area contributed by atoms with Crippen molar-refractivity contribution in [1.29, 1.82) is 5.26 Å². The first-order valence-corrected chi connectivity index (χ1v) is 11.6. The van der Waals surface area contributed by atoms with E-state index >= 15 is 0 Å². The fraction of sp³-hybridized carbons (Fsp3) is 0.933. The van der Waals surface area contributed by atoms with Crippen LogP contribution in [-0.4, -0.2) is 59.6 Å². The Hall–Kier alpha value is 0.300. The molecule has 0 saturated carbocycles. The number of thioether (sulfide) groups is 1. The molecule has 0 aromatic heterocycles. The first-order chi connectivity index (χ1) is 13.1. The summed E-state index contributed by atoms with van der Waals surface area (Å²) < 4.78 is 61.7. The summed E-state index contributed by atoms with van der Waals surface area (Å²) in [5.74, 6) is -0.423. The molecule has 1 unspecified atom stereocenters. The van der Waals surface area contributed by atoms with E-state index in [-0.39, 0.29) is 30.6 Å². The van der Waals surface area contributed by atoms with Gasteiger partial charge in [0.1, 0.15) is 0 Å². The van der Waals surface area contributed by atoms with E-state index in [1.807, 2.05) is 6.07 Å². The second-order valence-electron chi connectivity index (χ2n) is 5.68. The molecule has 0 bridgehead atoms. The van der Waals surface area contributed by atoms with E-state index in [2.05, 4.69) is 0 Å². The van der Waals surface area contributed by atoms with Crippen LogP contribution in [0.5, 0.6) is 0 Å². The van der Waals surface area contributed by atoms with Crippen LogP contribution in [0.2, 0.25) is 0 Å². The summed E-state index contributed by atoms with van der Waals surface area (Å²) in [4.78, 5) is 10.5. The lowest BCUT2D eigenvalue weighted by Gasteiger charge is -2.42. The Morgan fingerprint density at radius 3 is 2.48 bits per heavy atom. The normalized spacial score (nSPS) is 17.6. The molecule has 148 valence electrons. The molecule has 10 heteroatoms. The van der Waals surface area contributed by atoms with E-state index in [0.717, 1.165) is 26.0 Å². The van der Waals surface area contributed by atoms with Crippen LogP contribution in [0.25, 0.3) is 0 Å². The molecule has 0 aromatic carbocycles. The summed E-state index contributed by atoms with van der Waals surface area (Å²) in [5, 5.41) is 8.62. The Morgan fingerprint density at radius 1 is 1.40 bits per heavy atom. The van der Waals surface area contributed by atoms with Gasteiger partial charge in [0, 0.05) is 37.0 Å². The van der Waals surface area contributed by atoms with Gasteiger partial charge in [0.05, 0.1) is 25.2 Å². The highest BCUT2D eigenvalue weighted by Gasteiger charge is 2.35. The van der Waals surface area contributed by atoms with E-state index in [9.17, 15) is 9.46 Å². The minimum atomic E-state index is -3.98. The van der Waals surface area contributed by atoms with Crippen LogP contribution >= 0.6 is 27.9 Å². The molecule has 0 amide bonds. The average molecular weight is 418 g/mol. The summed E-state index contributed by atoms with van der Waals surface area (Å²) in [6.45, 7) is 6.92. The van der Waals surface area contributed by atoms with Gasteiger partial charge >= 0.3 is 7.60 Å². The van der Waals surface area contributed by atoms with E-state index in [1.54, 1.807) is 27.7 Å². The third kappa shape index (κ3) is 9.70. The maximum atomic E-state index is 12.3. The van der Waals surface area contributed by atoms with Crippen LogP contribution in [0.15, 0.2) is 0 Å². The maximum absolute atomic E-state index is 12.3. The van der Waals surface area contributed by atoms with Crippen molar-refractivity contribution < 1.29 is 28.5 Å². The third-order valence-corrected chi connectivity index (χ3v) is 7.28. The van der Waals surface area contributed by atoms with Gasteiger partial charge in [0.15, 0.2) is 0 Å². The lowest BCUT2D eigenvalue weighted by molar-refractivity contribution is 0.143. The van der Waals surface area contributed by atoms with Crippen molar-refractivity contribution in [2.45, 2.75) is 52.1 Å². The second-order valence-corrected chi connectivity index (χ2v) is 9.90. The van der Waals surface area contributed by atoms with Crippen molar-refractivity contribution in [3.8, 4) is 6.07 Å². The predicted octanol–water partition coefficient (Wildman–Crippen LogP) is 4.23. The van der Waals surface area contributed by atoms with Gasteiger partial charge in [0.2, 0.25) is 0 Å². The Morgan fingerprint density at radius 2 is 2.00 bits per heavy atom. The van der Waals surface area contributed by atoms with Crippen molar-refractivity contribution in [3.05, 3.63) is 0 Å². The van der Waals surface area contributed by atoms with E-state index in [1.165, 1.54) is 4.67 Å². The summed E-state index contributed by atoms with van der Waals surface area (Å²) >= 11 is 0.947. The predicted molar refractivity (Wildman–Crippen MR) is 105 cm³/mol. The van der Waals surface area contributed by atoms with Crippen LogP contribution in [0.4, 0.5) is 0 Å². The standard InChI is InChI=1S/C15H32N2O5P2S/c1-14(2)17(23(18)22-10-7-9-16)15(3,4)8-12-25-13-11-24(19,20-5)21-6/h14,18H,7-8,10-13H2,1-6H3/i8D2,11D2. The number of nitrogens with zero attached hydrogens (tertiary/aromatic N) is 2. The van der Waals surface area contributed by atoms with Gasteiger partial charge in [-0.1, -0.05) is 0 Å². The number of hydrogen-bond donors (Lipinski definition) is 1. The zero-order valence-electron chi connectivity index (χ0n) is 19.7. The lowest BCUT2D eigenvalue weighted by atomic mass is 10.0. The summed E-state index contributed by atoms with van der Waals surface area (Å²) in [5.41, 5.74) is -1.18. The van der Waals surface area contributed by atoms with Crippen LogP contribution in [-0.2, 0) is 18.1 Å². The van der Waals surface area contributed by atoms with Crippen molar-refractivity contribution in [1.82, 2.24) is 4.67 Å². The van der Waals surface area contributed by atoms with E-state index < -0.39 is 34.1 Å².